The molecule has 0 saturated carbocycles. The van der Waals surface area contributed by atoms with Crippen LogP contribution < -0.4 is 4.90 Å². The van der Waals surface area contributed by atoms with Crippen LogP contribution in [0.1, 0.15) is 11.7 Å². The quantitative estimate of drug-likeness (QED) is 0.701. The fourth-order valence-corrected chi connectivity index (χ4v) is 2.98. The van der Waals surface area contributed by atoms with Crippen LogP contribution in [-0.4, -0.2) is 51.4 Å². The van der Waals surface area contributed by atoms with Crippen LogP contribution in [0.25, 0.3) is 11.4 Å². The minimum Gasteiger partial charge on any atom is -0.340 e. The Labute approximate surface area is 149 Å². The zero-order valence-corrected chi connectivity index (χ0v) is 14.5. The van der Waals surface area contributed by atoms with Gasteiger partial charge in [-0.05, 0) is 12.1 Å². The molecule has 0 spiro atoms. The zero-order chi connectivity index (χ0) is 17.2. The van der Waals surface area contributed by atoms with E-state index in [0.29, 0.717) is 35.1 Å². The van der Waals surface area contributed by atoms with Gasteiger partial charge in [0, 0.05) is 43.7 Å². The van der Waals surface area contributed by atoms with Gasteiger partial charge in [0.25, 0.3) is 0 Å². The molecule has 0 unspecified atom stereocenters. The van der Waals surface area contributed by atoms with Gasteiger partial charge in [0.1, 0.15) is 0 Å². The van der Waals surface area contributed by atoms with Gasteiger partial charge < -0.3 is 13.9 Å². The van der Waals surface area contributed by atoms with Gasteiger partial charge >= 0.3 is 6.01 Å². The van der Waals surface area contributed by atoms with E-state index in [1.54, 1.807) is 6.92 Å². The topological polar surface area (TPSA) is 84.3 Å². The third-order valence-corrected chi connectivity index (χ3v) is 4.31. The first-order chi connectivity index (χ1) is 12.2. The molecule has 9 heteroatoms. The normalized spacial score (nSPS) is 15.7. The number of hydrogen-bond donors (Lipinski definition) is 0. The molecule has 1 aliphatic heterocycles. The second kappa shape index (κ2) is 6.81. The summed E-state index contributed by atoms with van der Waals surface area (Å²) in [5, 5.41) is 8.65. The summed E-state index contributed by atoms with van der Waals surface area (Å²) in [6.45, 7) is 5.80. The van der Waals surface area contributed by atoms with Crippen molar-refractivity contribution in [1.29, 1.82) is 0 Å². The Kier molecular flexibility index (Phi) is 4.37. The smallest absolute Gasteiger partial charge is 0.324 e. The van der Waals surface area contributed by atoms with Crippen LogP contribution in [-0.2, 0) is 6.54 Å². The highest BCUT2D eigenvalue weighted by molar-refractivity contribution is 6.30. The lowest BCUT2D eigenvalue weighted by molar-refractivity contribution is 0.234. The Bertz CT molecular complexity index is 856. The van der Waals surface area contributed by atoms with E-state index in [4.69, 9.17) is 20.6 Å². The molecule has 8 nitrogen and oxygen atoms in total. The van der Waals surface area contributed by atoms with Gasteiger partial charge in [0.05, 0.1) is 6.54 Å². The Morgan fingerprint density at radius 3 is 2.64 bits per heavy atom. The van der Waals surface area contributed by atoms with Crippen LogP contribution in [0.3, 0.4) is 0 Å². The summed E-state index contributed by atoms with van der Waals surface area (Å²) in [5.74, 6) is 1.85. The van der Waals surface area contributed by atoms with E-state index in [0.717, 1.165) is 31.7 Å². The molecule has 2 aromatic heterocycles. The molecule has 0 aliphatic carbocycles. The monoisotopic (exact) mass is 360 g/mol. The molecular formula is C16H17ClN6O2. The molecular weight excluding hydrogens is 344 g/mol. The molecule has 1 aromatic carbocycles. The lowest BCUT2D eigenvalue weighted by Crippen LogP contribution is -2.46. The van der Waals surface area contributed by atoms with Crippen LogP contribution >= 0.6 is 11.6 Å². The average molecular weight is 361 g/mol. The first-order valence-corrected chi connectivity index (χ1v) is 8.41. The van der Waals surface area contributed by atoms with Gasteiger partial charge in [-0.25, -0.2) is 0 Å². The van der Waals surface area contributed by atoms with E-state index in [9.17, 15) is 0 Å². The fourth-order valence-electron chi connectivity index (χ4n) is 2.79. The van der Waals surface area contributed by atoms with Gasteiger partial charge in [-0.1, -0.05) is 34.0 Å². The summed E-state index contributed by atoms with van der Waals surface area (Å²) >= 11 is 6.02. The molecule has 0 amide bonds. The molecule has 4 rings (SSSR count). The summed E-state index contributed by atoms with van der Waals surface area (Å²) in [5.41, 5.74) is 0.841. The molecule has 0 atom stereocenters. The number of anilines is 1. The third-order valence-electron chi connectivity index (χ3n) is 4.08. The van der Waals surface area contributed by atoms with Crippen molar-refractivity contribution >= 4 is 17.6 Å². The lowest BCUT2D eigenvalue weighted by atomic mass is 10.2. The first-order valence-electron chi connectivity index (χ1n) is 8.03. The van der Waals surface area contributed by atoms with Crippen molar-refractivity contribution < 1.29 is 9.05 Å². The summed E-state index contributed by atoms with van der Waals surface area (Å²) in [4.78, 5) is 13.1. The molecule has 0 N–H and O–H groups in total. The van der Waals surface area contributed by atoms with Gasteiger partial charge in [-0.15, -0.1) is 0 Å². The first kappa shape index (κ1) is 16.0. The summed E-state index contributed by atoms with van der Waals surface area (Å²) < 4.78 is 10.4. The largest absolute Gasteiger partial charge is 0.340 e. The molecule has 25 heavy (non-hydrogen) atoms. The van der Waals surface area contributed by atoms with E-state index < -0.39 is 0 Å². The van der Waals surface area contributed by atoms with Crippen molar-refractivity contribution in [3.63, 3.8) is 0 Å². The van der Waals surface area contributed by atoms with E-state index in [-0.39, 0.29) is 0 Å². The summed E-state index contributed by atoms with van der Waals surface area (Å²) in [6.07, 6.45) is 0. The predicted octanol–water partition coefficient (Wildman–Crippen LogP) is 2.40. The van der Waals surface area contributed by atoms with Crippen LogP contribution in [0.2, 0.25) is 5.02 Å². The number of nitrogens with zero attached hydrogens (tertiary/aromatic N) is 6. The Morgan fingerprint density at radius 2 is 1.92 bits per heavy atom. The molecule has 1 aliphatic rings. The van der Waals surface area contributed by atoms with Crippen molar-refractivity contribution in [3.05, 3.63) is 41.0 Å². The minimum absolute atomic E-state index is 0.532. The summed E-state index contributed by atoms with van der Waals surface area (Å²) in [7, 11) is 0. The second-order valence-electron chi connectivity index (χ2n) is 5.90. The van der Waals surface area contributed by atoms with Crippen LogP contribution in [0.5, 0.6) is 0 Å². The maximum Gasteiger partial charge on any atom is 0.324 e. The molecule has 3 aromatic rings. The van der Waals surface area contributed by atoms with Crippen molar-refractivity contribution in [3.8, 4) is 11.4 Å². The van der Waals surface area contributed by atoms with Crippen LogP contribution in [0, 0.1) is 6.92 Å². The Hall–Kier alpha value is -2.45. The van der Waals surface area contributed by atoms with Gasteiger partial charge in [-0.3, -0.25) is 4.90 Å². The van der Waals surface area contributed by atoms with Crippen molar-refractivity contribution in [1.82, 2.24) is 25.2 Å². The number of aromatic nitrogens is 4. The second-order valence-corrected chi connectivity index (χ2v) is 6.34. The standard InChI is InChI=1S/C16H17ClN6O2/c1-11-18-14(20-24-11)10-22-5-7-23(8-6-22)16-19-15(21-25-16)12-3-2-4-13(17)9-12/h2-4,9H,5-8,10H2,1H3. The maximum absolute atomic E-state index is 6.02. The molecule has 1 fully saturated rings. The number of piperazine rings is 1. The van der Waals surface area contributed by atoms with Gasteiger partial charge in [0.15, 0.2) is 5.82 Å². The molecule has 0 radical (unpaired) electrons. The van der Waals surface area contributed by atoms with Crippen molar-refractivity contribution in [2.24, 2.45) is 0 Å². The maximum atomic E-state index is 6.02. The van der Waals surface area contributed by atoms with Crippen LogP contribution in [0.4, 0.5) is 6.01 Å². The number of benzene rings is 1. The molecule has 3 heterocycles. The fraction of sp³-hybridized carbons (Fsp3) is 0.375. The predicted molar refractivity (Wildman–Crippen MR) is 91.3 cm³/mol. The van der Waals surface area contributed by atoms with Crippen molar-refractivity contribution in [2.45, 2.75) is 13.5 Å². The van der Waals surface area contributed by atoms with Crippen molar-refractivity contribution in [2.75, 3.05) is 31.1 Å². The average Bonchev–Trinajstić information content (AvgIpc) is 3.25. The Morgan fingerprint density at radius 1 is 1.08 bits per heavy atom. The minimum atomic E-state index is 0.532. The van der Waals surface area contributed by atoms with E-state index >= 15 is 0 Å². The highest BCUT2D eigenvalue weighted by Gasteiger charge is 2.22. The van der Waals surface area contributed by atoms with Gasteiger partial charge in [0.2, 0.25) is 11.7 Å². The molecule has 1 saturated heterocycles. The third kappa shape index (κ3) is 3.64. The summed E-state index contributed by atoms with van der Waals surface area (Å²) in [6, 6.07) is 7.94. The van der Waals surface area contributed by atoms with E-state index in [1.165, 1.54) is 0 Å². The molecule has 130 valence electrons. The van der Waals surface area contributed by atoms with Gasteiger partial charge in [-0.2, -0.15) is 9.97 Å². The number of hydrogen-bond acceptors (Lipinski definition) is 8. The highest BCUT2D eigenvalue weighted by atomic mass is 35.5. The zero-order valence-electron chi connectivity index (χ0n) is 13.7. The number of halogens is 1. The number of rotatable bonds is 4. The van der Waals surface area contributed by atoms with Crippen LogP contribution in [0.15, 0.2) is 33.3 Å². The van der Waals surface area contributed by atoms with E-state index in [2.05, 4.69) is 30.1 Å². The SMILES string of the molecule is Cc1nc(CN2CCN(c3nc(-c4cccc(Cl)c4)no3)CC2)no1. The number of aryl methyl sites for hydroxylation is 1. The Balaban J connectivity index is 1.38. The molecule has 0 bridgehead atoms. The lowest BCUT2D eigenvalue weighted by Gasteiger charge is -2.32. The highest BCUT2D eigenvalue weighted by Crippen LogP contribution is 2.23. The van der Waals surface area contributed by atoms with E-state index in [1.807, 2.05) is 24.3 Å².